The third-order valence-corrected chi connectivity index (χ3v) is 3.15. The maximum atomic E-state index is 12.0. The van der Waals surface area contributed by atoms with Gasteiger partial charge in [0.05, 0.1) is 6.10 Å². The molecule has 110 valence electrons. The van der Waals surface area contributed by atoms with Gasteiger partial charge in [0.15, 0.2) is 0 Å². The van der Waals surface area contributed by atoms with Gasteiger partial charge in [0.25, 0.3) is 5.91 Å². The van der Waals surface area contributed by atoms with Gasteiger partial charge in [-0.15, -0.1) is 5.10 Å². The van der Waals surface area contributed by atoms with Gasteiger partial charge < -0.3 is 10.1 Å². The van der Waals surface area contributed by atoms with E-state index in [9.17, 15) is 4.79 Å². The van der Waals surface area contributed by atoms with Gasteiger partial charge in [-0.25, -0.2) is 4.98 Å². The van der Waals surface area contributed by atoms with Crippen molar-refractivity contribution in [1.29, 1.82) is 0 Å². The molecule has 1 aromatic carbocycles. The van der Waals surface area contributed by atoms with Gasteiger partial charge >= 0.3 is 0 Å². The van der Waals surface area contributed by atoms with E-state index in [4.69, 9.17) is 4.74 Å². The summed E-state index contributed by atoms with van der Waals surface area (Å²) in [4.78, 5) is 16.3. The third kappa shape index (κ3) is 3.39. The molecule has 1 heterocycles. The topological polar surface area (TPSA) is 79.9 Å². The molecule has 1 amide bonds. The van der Waals surface area contributed by atoms with Crippen molar-refractivity contribution in [1.82, 2.24) is 15.2 Å². The molecule has 1 aliphatic carbocycles. The van der Waals surface area contributed by atoms with Gasteiger partial charge in [0.2, 0.25) is 5.82 Å². The summed E-state index contributed by atoms with van der Waals surface area (Å²) in [5.41, 5.74) is 0.689. The number of aromatic nitrogens is 3. The van der Waals surface area contributed by atoms with Crippen molar-refractivity contribution >= 4 is 11.6 Å². The highest BCUT2D eigenvalue weighted by atomic mass is 16.5. The Hall–Kier alpha value is -2.37. The van der Waals surface area contributed by atoms with Crippen LogP contribution < -0.4 is 10.1 Å². The molecule has 6 heteroatoms. The van der Waals surface area contributed by atoms with Crippen LogP contribution in [0.25, 0.3) is 0 Å². The van der Waals surface area contributed by atoms with E-state index in [0.717, 1.165) is 24.4 Å². The fourth-order valence-electron chi connectivity index (χ4n) is 1.99. The first-order chi connectivity index (χ1) is 10.1. The normalized spacial score (nSPS) is 14.2. The van der Waals surface area contributed by atoms with E-state index in [-0.39, 0.29) is 17.8 Å². The average molecular weight is 286 g/mol. The monoisotopic (exact) mass is 286 g/mol. The van der Waals surface area contributed by atoms with Crippen LogP contribution >= 0.6 is 0 Å². The largest absolute Gasteiger partial charge is 0.491 e. The van der Waals surface area contributed by atoms with Crippen molar-refractivity contribution in [2.24, 2.45) is 0 Å². The Morgan fingerprint density at radius 1 is 1.33 bits per heavy atom. The van der Waals surface area contributed by atoms with E-state index in [2.05, 4.69) is 20.5 Å². The Morgan fingerprint density at radius 3 is 2.67 bits per heavy atom. The summed E-state index contributed by atoms with van der Waals surface area (Å²) >= 11 is 0. The van der Waals surface area contributed by atoms with Crippen LogP contribution in [0.2, 0.25) is 0 Å². The summed E-state index contributed by atoms with van der Waals surface area (Å²) < 4.78 is 5.55. The highest BCUT2D eigenvalue weighted by Crippen LogP contribution is 2.37. The van der Waals surface area contributed by atoms with Gasteiger partial charge in [-0.2, -0.15) is 0 Å². The number of hydrogen-bond donors (Lipinski definition) is 2. The Kier molecular flexibility index (Phi) is 3.60. The van der Waals surface area contributed by atoms with Crippen LogP contribution in [0.15, 0.2) is 24.3 Å². The third-order valence-electron chi connectivity index (χ3n) is 3.15. The second kappa shape index (κ2) is 5.55. The number of anilines is 1. The Balaban J connectivity index is 1.63. The zero-order chi connectivity index (χ0) is 14.8. The number of amides is 1. The van der Waals surface area contributed by atoms with E-state index in [1.54, 1.807) is 12.1 Å². The van der Waals surface area contributed by atoms with Crippen LogP contribution in [0.5, 0.6) is 5.75 Å². The molecule has 0 atom stereocenters. The van der Waals surface area contributed by atoms with Crippen LogP contribution in [0, 0.1) is 0 Å². The van der Waals surface area contributed by atoms with E-state index in [1.165, 1.54) is 0 Å². The summed E-state index contributed by atoms with van der Waals surface area (Å²) in [6.45, 7) is 3.94. The highest BCUT2D eigenvalue weighted by Gasteiger charge is 2.28. The van der Waals surface area contributed by atoms with Gasteiger partial charge in [-0.05, 0) is 51.0 Å². The molecule has 1 saturated carbocycles. The molecule has 2 N–H and O–H groups in total. The van der Waals surface area contributed by atoms with Crippen molar-refractivity contribution in [3.05, 3.63) is 35.9 Å². The fourth-order valence-corrected chi connectivity index (χ4v) is 1.99. The second-order valence-electron chi connectivity index (χ2n) is 5.46. The number of nitrogens with zero attached hydrogens (tertiary/aromatic N) is 2. The van der Waals surface area contributed by atoms with Crippen LogP contribution in [0.3, 0.4) is 0 Å². The minimum absolute atomic E-state index is 0.125. The first-order valence-electron chi connectivity index (χ1n) is 7.12. The van der Waals surface area contributed by atoms with Crippen LogP contribution in [-0.2, 0) is 0 Å². The molecule has 0 spiro atoms. The molecule has 1 aliphatic rings. The van der Waals surface area contributed by atoms with E-state index < -0.39 is 0 Å². The lowest BCUT2D eigenvalue weighted by atomic mass is 10.3. The predicted octanol–water partition coefficient (Wildman–Crippen LogP) is 2.72. The number of H-pyrrole nitrogens is 1. The van der Waals surface area contributed by atoms with Crippen LogP contribution in [-0.4, -0.2) is 27.2 Å². The second-order valence-corrected chi connectivity index (χ2v) is 5.46. The zero-order valence-corrected chi connectivity index (χ0v) is 12.1. The van der Waals surface area contributed by atoms with Gasteiger partial charge in [0, 0.05) is 11.6 Å². The number of carbonyl (C=O) groups is 1. The zero-order valence-electron chi connectivity index (χ0n) is 12.1. The first kappa shape index (κ1) is 13.6. The van der Waals surface area contributed by atoms with E-state index in [0.29, 0.717) is 11.6 Å². The van der Waals surface area contributed by atoms with E-state index >= 15 is 0 Å². The molecule has 0 bridgehead atoms. The number of carbonyl (C=O) groups excluding carboxylic acids is 1. The molecule has 1 fully saturated rings. The van der Waals surface area contributed by atoms with Crippen molar-refractivity contribution < 1.29 is 9.53 Å². The van der Waals surface area contributed by atoms with Crippen molar-refractivity contribution in [3.63, 3.8) is 0 Å². The van der Waals surface area contributed by atoms with Crippen molar-refractivity contribution in [2.45, 2.75) is 38.7 Å². The number of hydrogen-bond acceptors (Lipinski definition) is 4. The molecule has 3 rings (SSSR count). The molecular formula is C15H18N4O2. The number of aromatic amines is 1. The first-order valence-corrected chi connectivity index (χ1v) is 7.12. The predicted molar refractivity (Wildman–Crippen MR) is 78.5 cm³/mol. The maximum Gasteiger partial charge on any atom is 0.295 e. The van der Waals surface area contributed by atoms with Gasteiger partial charge in [-0.1, -0.05) is 0 Å². The Morgan fingerprint density at radius 2 is 2.05 bits per heavy atom. The summed E-state index contributed by atoms with van der Waals surface area (Å²) in [6.07, 6.45) is 2.36. The minimum Gasteiger partial charge on any atom is -0.491 e. The smallest absolute Gasteiger partial charge is 0.295 e. The molecule has 21 heavy (non-hydrogen) atoms. The van der Waals surface area contributed by atoms with Crippen LogP contribution in [0.4, 0.5) is 5.69 Å². The molecule has 0 aliphatic heterocycles. The molecule has 1 aromatic heterocycles. The molecule has 2 aromatic rings. The van der Waals surface area contributed by atoms with Crippen molar-refractivity contribution in [2.75, 3.05) is 5.32 Å². The lowest BCUT2D eigenvalue weighted by Gasteiger charge is -2.10. The summed E-state index contributed by atoms with van der Waals surface area (Å²) in [5.74, 6) is 1.90. The quantitative estimate of drug-likeness (QED) is 0.885. The lowest BCUT2D eigenvalue weighted by molar-refractivity contribution is 0.101. The standard InChI is InChI=1S/C15H18N4O2/c1-9(2)21-12-7-5-11(6-8-12)16-15(20)14-17-13(18-19-14)10-3-4-10/h5-10H,3-4H2,1-2H3,(H,16,20)(H,17,18,19). The van der Waals surface area contributed by atoms with Crippen LogP contribution in [0.1, 0.15) is 49.1 Å². The average Bonchev–Trinajstić information content (AvgIpc) is 3.18. The highest BCUT2D eigenvalue weighted by molar-refractivity contribution is 6.01. The van der Waals surface area contributed by atoms with Gasteiger partial charge in [-0.3, -0.25) is 9.89 Å². The number of ether oxygens (including phenoxy) is 1. The summed E-state index contributed by atoms with van der Waals surface area (Å²) in [7, 11) is 0. The summed E-state index contributed by atoms with van der Waals surface area (Å²) in [6, 6.07) is 7.24. The fraction of sp³-hybridized carbons (Fsp3) is 0.400. The number of benzene rings is 1. The molecule has 6 nitrogen and oxygen atoms in total. The number of rotatable bonds is 5. The SMILES string of the molecule is CC(C)Oc1ccc(NC(=O)c2n[nH]c(C3CC3)n2)cc1. The minimum atomic E-state index is -0.310. The Labute approximate surface area is 122 Å². The lowest BCUT2D eigenvalue weighted by Crippen LogP contribution is -2.14. The summed E-state index contributed by atoms with van der Waals surface area (Å²) in [5, 5.41) is 9.55. The van der Waals surface area contributed by atoms with E-state index in [1.807, 2.05) is 26.0 Å². The molecule has 0 unspecified atom stereocenters. The molecule has 0 saturated heterocycles. The number of nitrogens with one attached hydrogen (secondary N) is 2. The maximum absolute atomic E-state index is 12.0. The molecule has 0 radical (unpaired) electrons. The Bertz CT molecular complexity index is 629. The van der Waals surface area contributed by atoms with Gasteiger partial charge in [0.1, 0.15) is 11.6 Å². The molecular weight excluding hydrogens is 268 g/mol. The van der Waals surface area contributed by atoms with Crippen molar-refractivity contribution in [3.8, 4) is 5.75 Å².